The van der Waals surface area contributed by atoms with E-state index in [0.717, 1.165) is 0 Å². The second-order valence-electron chi connectivity index (χ2n) is 2.24. The molecule has 0 nitrogen and oxygen atoms in total. The molecule has 0 atom stereocenters. The fourth-order valence-corrected chi connectivity index (χ4v) is 0.832. The van der Waals surface area contributed by atoms with Crippen molar-refractivity contribution in [1.82, 2.24) is 0 Å². The van der Waals surface area contributed by atoms with Crippen molar-refractivity contribution in [1.29, 1.82) is 0 Å². The molecule has 0 aliphatic heterocycles. The maximum absolute atomic E-state index is 3.10. The van der Waals surface area contributed by atoms with Crippen LogP contribution in [0.15, 0.2) is 30.3 Å². The Bertz CT molecular complexity index is 224. The average Bonchev–Trinajstić information content (AvgIpc) is 2.05. The van der Waals surface area contributed by atoms with E-state index < -0.39 is 0 Å². The van der Waals surface area contributed by atoms with Gasteiger partial charge in [-0.05, 0) is 0 Å². The fraction of sp³-hybridized carbons (Fsp3) is 0.200. The third kappa shape index (κ3) is 2.99. The molecule has 0 saturated carbocycles. The second kappa shape index (κ2) is 5.26. The Morgan fingerprint density at radius 3 is 2.18 bits per heavy atom. The normalized spacial score (nSPS) is 10.5. The summed E-state index contributed by atoms with van der Waals surface area (Å²) in [5.41, 5.74) is 2.46. The van der Waals surface area contributed by atoms with E-state index in [-0.39, 0.29) is 19.5 Å². The number of hydrogen-bond acceptors (Lipinski definition) is 0. The van der Waals surface area contributed by atoms with Crippen molar-refractivity contribution in [3.8, 4) is 0 Å². The molecule has 0 amide bonds. The van der Waals surface area contributed by atoms with E-state index in [0.29, 0.717) is 0 Å². The third-order valence-corrected chi connectivity index (χ3v) is 1.58. The van der Waals surface area contributed by atoms with Gasteiger partial charge in [0, 0.05) is 19.5 Å². The summed E-state index contributed by atoms with van der Waals surface area (Å²) in [5.74, 6) is 0. The summed E-state index contributed by atoms with van der Waals surface area (Å²) >= 11 is 0. The molecule has 0 heterocycles. The Morgan fingerprint density at radius 1 is 1.18 bits per heavy atom. The second-order valence-corrected chi connectivity index (χ2v) is 2.24. The van der Waals surface area contributed by atoms with Crippen molar-refractivity contribution in [3.63, 3.8) is 0 Å². The van der Waals surface area contributed by atoms with Crippen LogP contribution in [0.2, 0.25) is 0 Å². The van der Waals surface area contributed by atoms with Crippen LogP contribution in [0.25, 0.3) is 5.57 Å². The van der Waals surface area contributed by atoms with Gasteiger partial charge in [0.2, 0.25) is 0 Å². The summed E-state index contributed by atoms with van der Waals surface area (Å²) < 4.78 is 0. The molecule has 0 saturated heterocycles. The molecule has 1 heteroatoms. The van der Waals surface area contributed by atoms with Crippen LogP contribution in [0.1, 0.15) is 19.4 Å². The van der Waals surface area contributed by atoms with Crippen LogP contribution in [0, 0.1) is 6.08 Å². The van der Waals surface area contributed by atoms with Crippen LogP contribution in [0.3, 0.4) is 0 Å². The van der Waals surface area contributed by atoms with Gasteiger partial charge in [0.15, 0.2) is 0 Å². The van der Waals surface area contributed by atoms with Crippen LogP contribution in [-0.4, -0.2) is 0 Å². The largest absolute Gasteiger partial charge is 0.275 e. The quantitative estimate of drug-likeness (QED) is 0.517. The number of benzene rings is 1. The van der Waals surface area contributed by atoms with Crippen molar-refractivity contribution in [2.24, 2.45) is 0 Å². The van der Waals surface area contributed by atoms with E-state index in [2.05, 4.69) is 25.1 Å². The summed E-state index contributed by atoms with van der Waals surface area (Å²) in [7, 11) is 0. The number of allylic oxidation sites excluding steroid dienone is 2. The first-order valence-corrected chi connectivity index (χ1v) is 3.41. The zero-order valence-corrected chi connectivity index (χ0v) is 8.36. The van der Waals surface area contributed by atoms with Gasteiger partial charge in [-0.3, -0.25) is 6.08 Å². The van der Waals surface area contributed by atoms with E-state index in [1.54, 1.807) is 0 Å². The van der Waals surface area contributed by atoms with E-state index in [9.17, 15) is 0 Å². The minimum Gasteiger partial charge on any atom is -0.275 e. The zero-order valence-electron chi connectivity index (χ0n) is 6.72. The molecular weight excluding hydrogens is 223 g/mol. The van der Waals surface area contributed by atoms with Gasteiger partial charge < -0.3 is 0 Å². The molecule has 0 aliphatic rings. The Labute approximate surface area is 81.1 Å². The molecule has 0 unspecified atom stereocenters. The van der Waals surface area contributed by atoms with Crippen LogP contribution in [0.5, 0.6) is 0 Å². The van der Waals surface area contributed by atoms with Crippen molar-refractivity contribution in [3.05, 3.63) is 42.0 Å². The molecule has 0 spiro atoms. The van der Waals surface area contributed by atoms with Gasteiger partial charge in [0.25, 0.3) is 0 Å². The molecule has 1 aromatic carbocycles. The molecule has 11 heavy (non-hydrogen) atoms. The predicted molar refractivity (Wildman–Crippen MR) is 44.4 cm³/mol. The SMILES string of the molecule is C[C-]=C(C)c1ccccc1.[Rh]. The Balaban J connectivity index is 0.000001000. The molecule has 61 valence electrons. The molecular formula is C10H11Rh-. The van der Waals surface area contributed by atoms with E-state index in [1.165, 1.54) is 11.1 Å². The van der Waals surface area contributed by atoms with E-state index in [4.69, 9.17) is 0 Å². The van der Waals surface area contributed by atoms with Gasteiger partial charge in [0.1, 0.15) is 0 Å². The van der Waals surface area contributed by atoms with Gasteiger partial charge >= 0.3 is 0 Å². The van der Waals surface area contributed by atoms with Crippen molar-refractivity contribution < 1.29 is 19.5 Å². The Hall–Kier alpha value is -0.417. The molecule has 0 aromatic heterocycles. The average molecular weight is 234 g/mol. The molecule has 0 bridgehead atoms. The first-order valence-electron chi connectivity index (χ1n) is 3.41. The molecule has 0 aliphatic carbocycles. The summed E-state index contributed by atoms with van der Waals surface area (Å²) in [6.07, 6.45) is 3.10. The molecule has 0 fully saturated rings. The minimum atomic E-state index is 0. The van der Waals surface area contributed by atoms with Crippen LogP contribution in [0.4, 0.5) is 0 Å². The maximum Gasteiger partial charge on any atom is 0 e. The monoisotopic (exact) mass is 234 g/mol. The smallest absolute Gasteiger partial charge is 0 e. The van der Waals surface area contributed by atoms with E-state index >= 15 is 0 Å². The van der Waals surface area contributed by atoms with Crippen LogP contribution >= 0.6 is 0 Å². The molecule has 1 rings (SSSR count). The van der Waals surface area contributed by atoms with Crippen LogP contribution in [-0.2, 0) is 19.5 Å². The van der Waals surface area contributed by atoms with E-state index in [1.807, 2.05) is 25.1 Å². The predicted octanol–water partition coefficient (Wildman–Crippen LogP) is 2.91. The van der Waals surface area contributed by atoms with Crippen molar-refractivity contribution in [2.45, 2.75) is 13.8 Å². The van der Waals surface area contributed by atoms with Gasteiger partial charge in [-0.2, -0.15) is 5.56 Å². The summed E-state index contributed by atoms with van der Waals surface area (Å²) in [5, 5.41) is 0. The third-order valence-electron chi connectivity index (χ3n) is 1.58. The number of rotatable bonds is 1. The number of hydrogen-bond donors (Lipinski definition) is 0. The Morgan fingerprint density at radius 2 is 1.73 bits per heavy atom. The van der Waals surface area contributed by atoms with Gasteiger partial charge in [-0.25, -0.2) is 5.57 Å². The first kappa shape index (κ1) is 10.6. The van der Waals surface area contributed by atoms with Gasteiger partial charge in [-0.15, -0.1) is 19.1 Å². The fourth-order valence-electron chi connectivity index (χ4n) is 0.832. The van der Waals surface area contributed by atoms with Crippen LogP contribution < -0.4 is 0 Å². The maximum atomic E-state index is 3.10. The molecule has 0 N–H and O–H groups in total. The first-order chi connectivity index (χ1) is 4.84. The Kier molecular flexibility index (Phi) is 5.06. The summed E-state index contributed by atoms with van der Waals surface area (Å²) in [4.78, 5) is 0. The topological polar surface area (TPSA) is 0 Å². The zero-order chi connectivity index (χ0) is 7.40. The molecule has 1 aromatic rings. The van der Waals surface area contributed by atoms with Crippen molar-refractivity contribution in [2.75, 3.05) is 0 Å². The van der Waals surface area contributed by atoms with Gasteiger partial charge in [-0.1, -0.05) is 25.1 Å². The summed E-state index contributed by atoms with van der Waals surface area (Å²) in [6, 6.07) is 10.3. The van der Waals surface area contributed by atoms with Crippen molar-refractivity contribution >= 4 is 5.57 Å². The minimum absolute atomic E-state index is 0. The van der Waals surface area contributed by atoms with Gasteiger partial charge in [0.05, 0.1) is 0 Å². The molecule has 1 radical (unpaired) electrons. The summed E-state index contributed by atoms with van der Waals surface area (Å²) in [6.45, 7) is 4.00. The standard InChI is InChI=1S/C10H11.Rh/c1-3-9(2)10-7-5-4-6-8-10;/h4-8H,1-2H3;/q-1;.